The van der Waals surface area contributed by atoms with E-state index in [1.807, 2.05) is 0 Å². The molecule has 0 unspecified atom stereocenters. The molecule has 0 aliphatic carbocycles. The average molecular weight is 338 g/mol. The van der Waals surface area contributed by atoms with Crippen LogP contribution in [0.4, 0.5) is 0 Å². The maximum Gasteiger partial charge on any atom is 0.343 e. The maximum atomic E-state index is 12.2. The average Bonchev–Trinajstić information content (AvgIpc) is 3.55. The lowest BCUT2D eigenvalue weighted by atomic mass is 10.2. The first kappa shape index (κ1) is 15.1. The van der Waals surface area contributed by atoms with Crippen molar-refractivity contribution < 1.29 is 28.5 Å². The third-order valence-electron chi connectivity index (χ3n) is 3.40. The maximum absolute atomic E-state index is 12.2. The molecule has 126 valence electrons. The number of rotatable bonds is 6. The predicted molar refractivity (Wildman–Crippen MR) is 87.2 cm³/mol. The van der Waals surface area contributed by atoms with Crippen LogP contribution in [0.2, 0.25) is 0 Å². The van der Waals surface area contributed by atoms with E-state index in [0.717, 1.165) is 11.5 Å². The highest BCUT2D eigenvalue weighted by Crippen LogP contribution is 2.22. The Morgan fingerprint density at radius 2 is 1.20 bits per heavy atom. The zero-order valence-corrected chi connectivity index (χ0v) is 13.1. The molecule has 6 nitrogen and oxygen atoms in total. The van der Waals surface area contributed by atoms with Gasteiger partial charge in [0.2, 0.25) is 0 Å². The van der Waals surface area contributed by atoms with Crippen LogP contribution in [0.15, 0.2) is 72.6 Å². The molecule has 0 aromatic heterocycles. The highest BCUT2D eigenvalue weighted by Gasteiger charge is 2.14. The van der Waals surface area contributed by atoms with Crippen LogP contribution >= 0.6 is 0 Å². The predicted octanol–water partition coefficient (Wildman–Crippen LogP) is 3.41. The third kappa shape index (κ3) is 4.32. The van der Waals surface area contributed by atoms with Crippen molar-refractivity contribution >= 4 is 5.97 Å². The summed E-state index contributed by atoms with van der Waals surface area (Å²) >= 11 is 0. The van der Waals surface area contributed by atoms with Crippen LogP contribution in [0.1, 0.15) is 10.4 Å². The number of hydrogen-bond donors (Lipinski definition) is 0. The van der Waals surface area contributed by atoms with Crippen molar-refractivity contribution in [1.82, 2.24) is 0 Å². The molecule has 0 radical (unpaired) electrons. The van der Waals surface area contributed by atoms with Crippen LogP contribution in [0, 0.1) is 0 Å². The SMILES string of the molecule is O=C(Oc1ccc(O/C=C2\CO2)cc1)c1ccc(O/C=C2\CO2)cc1. The minimum Gasteiger partial charge on any atom is -0.483 e. The van der Waals surface area contributed by atoms with Gasteiger partial charge in [0.1, 0.15) is 43.0 Å². The number of benzene rings is 2. The summed E-state index contributed by atoms with van der Waals surface area (Å²) in [6.07, 6.45) is 3.10. The molecular weight excluding hydrogens is 324 g/mol. The molecule has 0 amide bonds. The van der Waals surface area contributed by atoms with Gasteiger partial charge < -0.3 is 23.7 Å². The minimum absolute atomic E-state index is 0.429. The van der Waals surface area contributed by atoms with Crippen molar-refractivity contribution in [3.05, 3.63) is 78.1 Å². The first-order valence-electron chi connectivity index (χ1n) is 7.65. The van der Waals surface area contributed by atoms with Crippen LogP contribution in [0.3, 0.4) is 0 Å². The summed E-state index contributed by atoms with van der Waals surface area (Å²) in [4.78, 5) is 12.2. The van der Waals surface area contributed by atoms with Crippen LogP contribution < -0.4 is 14.2 Å². The first-order valence-corrected chi connectivity index (χ1v) is 7.65. The topological polar surface area (TPSA) is 69.8 Å². The molecule has 2 saturated heterocycles. The molecule has 6 heteroatoms. The monoisotopic (exact) mass is 338 g/mol. The lowest BCUT2D eigenvalue weighted by Crippen LogP contribution is -2.08. The number of esters is 1. The molecular formula is C19H14O6. The number of epoxide rings is 2. The van der Waals surface area contributed by atoms with E-state index in [2.05, 4.69) is 0 Å². The van der Waals surface area contributed by atoms with Crippen LogP contribution in [-0.2, 0) is 9.47 Å². The van der Waals surface area contributed by atoms with Gasteiger partial charge in [0.15, 0.2) is 11.5 Å². The lowest BCUT2D eigenvalue weighted by Gasteiger charge is -2.06. The van der Waals surface area contributed by atoms with Crippen molar-refractivity contribution in [3.63, 3.8) is 0 Å². The van der Waals surface area contributed by atoms with Gasteiger partial charge in [-0.15, -0.1) is 0 Å². The molecule has 2 aromatic rings. The van der Waals surface area contributed by atoms with Crippen molar-refractivity contribution in [2.75, 3.05) is 13.2 Å². The number of hydrogen-bond acceptors (Lipinski definition) is 6. The van der Waals surface area contributed by atoms with Gasteiger partial charge in [0.05, 0.1) is 5.56 Å². The molecule has 0 saturated carbocycles. The largest absolute Gasteiger partial charge is 0.483 e. The summed E-state index contributed by atoms with van der Waals surface area (Å²) in [5.74, 6) is 2.86. The van der Waals surface area contributed by atoms with E-state index in [4.69, 9.17) is 23.7 Å². The van der Waals surface area contributed by atoms with Crippen molar-refractivity contribution in [1.29, 1.82) is 0 Å². The lowest BCUT2D eigenvalue weighted by molar-refractivity contribution is 0.0734. The van der Waals surface area contributed by atoms with E-state index in [9.17, 15) is 4.79 Å². The van der Waals surface area contributed by atoms with Gasteiger partial charge in [0.25, 0.3) is 0 Å². The molecule has 25 heavy (non-hydrogen) atoms. The van der Waals surface area contributed by atoms with E-state index < -0.39 is 5.97 Å². The number of ether oxygens (including phenoxy) is 5. The first-order chi connectivity index (χ1) is 12.3. The molecule has 4 rings (SSSR count). The summed E-state index contributed by atoms with van der Waals surface area (Å²) in [6, 6.07) is 13.4. The molecule has 2 heterocycles. The normalized spacial score (nSPS) is 17.4. The van der Waals surface area contributed by atoms with Gasteiger partial charge in [-0.05, 0) is 48.5 Å². The number of carbonyl (C=O) groups excluding carboxylic acids is 1. The molecule has 0 spiro atoms. The van der Waals surface area contributed by atoms with Crippen molar-refractivity contribution in [3.8, 4) is 17.2 Å². The standard InChI is InChI=1S/C19H14O6/c20-19(13-1-3-14(4-2-13)21-9-17-11-23-17)25-16-7-5-15(6-8-16)22-10-18-12-24-18/h1-10H,11-12H2/b17-9+,18-10+. The summed E-state index contributed by atoms with van der Waals surface area (Å²) in [5, 5.41) is 0. The second-order valence-corrected chi connectivity index (χ2v) is 5.37. The Labute approximate surface area is 143 Å². The Kier molecular flexibility index (Phi) is 4.00. The molecule has 0 atom stereocenters. The van der Waals surface area contributed by atoms with Gasteiger partial charge in [-0.25, -0.2) is 4.79 Å². The quantitative estimate of drug-likeness (QED) is 0.348. The molecule has 2 aliphatic rings. The zero-order chi connectivity index (χ0) is 17.1. The second kappa shape index (κ2) is 6.60. The Bertz CT molecular complexity index is 821. The smallest absolute Gasteiger partial charge is 0.343 e. The van der Waals surface area contributed by atoms with Gasteiger partial charge in [0, 0.05) is 0 Å². The van der Waals surface area contributed by atoms with Crippen molar-refractivity contribution in [2.24, 2.45) is 0 Å². The summed E-state index contributed by atoms with van der Waals surface area (Å²) < 4.78 is 26.0. The Morgan fingerprint density at radius 1 is 0.760 bits per heavy atom. The fraction of sp³-hybridized carbons (Fsp3) is 0.105. The van der Waals surface area contributed by atoms with Crippen molar-refractivity contribution in [2.45, 2.75) is 0 Å². The highest BCUT2D eigenvalue weighted by atomic mass is 16.6. The van der Waals surface area contributed by atoms with Crippen LogP contribution in [0.25, 0.3) is 0 Å². The fourth-order valence-corrected chi connectivity index (χ4v) is 1.91. The summed E-state index contributed by atoms with van der Waals surface area (Å²) in [5.41, 5.74) is 0.429. The van der Waals surface area contributed by atoms with E-state index in [0.29, 0.717) is 36.0 Å². The summed E-state index contributed by atoms with van der Waals surface area (Å²) in [7, 11) is 0. The molecule has 2 aromatic carbocycles. The van der Waals surface area contributed by atoms with Gasteiger partial charge in [-0.3, -0.25) is 0 Å². The van der Waals surface area contributed by atoms with Gasteiger partial charge >= 0.3 is 5.97 Å². The van der Waals surface area contributed by atoms with E-state index >= 15 is 0 Å². The molecule has 2 fully saturated rings. The minimum atomic E-state index is -0.447. The van der Waals surface area contributed by atoms with Gasteiger partial charge in [-0.2, -0.15) is 0 Å². The summed E-state index contributed by atoms with van der Waals surface area (Å²) in [6.45, 7) is 1.23. The Hall–Kier alpha value is -3.41. The van der Waals surface area contributed by atoms with E-state index in [-0.39, 0.29) is 0 Å². The Morgan fingerprint density at radius 3 is 1.68 bits per heavy atom. The van der Waals surface area contributed by atoms with Crippen LogP contribution in [0.5, 0.6) is 17.2 Å². The number of carbonyl (C=O) groups is 1. The van der Waals surface area contributed by atoms with Gasteiger partial charge in [-0.1, -0.05) is 0 Å². The van der Waals surface area contributed by atoms with Crippen LogP contribution in [-0.4, -0.2) is 19.2 Å². The third-order valence-corrected chi connectivity index (χ3v) is 3.40. The highest BCUT2D eigenvalue weighted by molar-refractivity contribution is 5.91. The Balaban J connectivity index is 1.34. The fourth-order valence-electron chi connectivity index (χ4n) is 1.91. The molecule has 2 aliphatic heterocycles. The molecule has 0 N–H and O–H groups in total. The van der Waals surface area contributed by atoms with E-state index in [1.54, 1.807) is 61.1 Å². The second-order valence-electron chi connectivity index (χ2n) is 5.37. The zero-order valence-electron chi connectivity index (χ0n) is 13.1. The molecule has 0 bridgehead atoms. The van der Waals surface area contributed by atoms with E-state index in [1.165, 1.54) is 0 Å².